The Balaban J connectivity index is 1.61. The quantitative estimate of drug-likeness (QED) is 0.654. The van der Waals surface area contributed by atoms with Gasteiger partial charge in [-0.2, -0.15) is 0 Å². The molecule has 3 fully saturated rings. The SMILES string of the molecule is CC(C)c1cccc2cc(C(=O)C[C@@H]3C4CCN(CC4)C3(C)C)sc12. The van der Waals surface area contributed by atoms with Crippen molar-refractivity contribution in [1.29, 1.82) is 0 Å². The third-order valence-corrected chi connectivity index (χ3v) is 7.95. The molecule has 2 aromatic rings. The van der Waals surface area contributed by atoms with E-state index in [9.17, 15) is 4.79 Å². The zero-order valence-corrected chi connectivity index (χ0v) is 16.7. The van der Waals surface area contributed by atoms with E-state index in [1.807, 2.05) is 0 Å². The molecule has 0 unspecified atom stereocenters. The van der Waals surface area contributed by atoms with Crippen molar-refractivity contribution in [2.75, 3.05) is 13.1 Å². The van der Waals surface area contributed by atoms with Gasteiger partial charge in [-0.25, -0.2) is 0 Å². The summed E-state index contributed by atoms with van der Waals surface area (Å²) < 4.78 is 1.30. The monoisotopic (exact) mass is 355 g/mol. The van der Waals surface area contributed by atoms with Crippen LogP contribution in [0.5, 0.6) is 0 Å². The van der Waals surface area contributed by atoms with E-state index in [4.69, 9.17) is 0 Å². The van der Waals surface area contributed by atoms with E-state index in [1.54, 1.807) is 11.3 Å². The van der Waals surface area contributed by atoms with E-state index in [1.165, 1.54) is 41.6 Å². The lowest BCUT2D eigenvalue weighted by molar-refractivity contribution is -0.0643. The molecule has 3 aliphatic heterocycles. The largest absolute Gasteiger partial charge is 0.298 e. The number of rotatable bonds is 4. The summed E-state index contributed by atoms with van der Waals surface area (Å²) >= 11 is 1.71. The van der Waals surface area contributed by atoms with Gasteiger partial charge in [0.2, 0.25) is 0 Å². The maximum Gasteiger partial charge on any atom is 0.173 e. The summed E-state index contributed by atoms with van der Waals surface area (Å²) in [5, 5.41) is 1.23. The van der Waals surface area contributed by atoms with Crippen LogP contribution in [0.3, 0.4) is 0 Å². The maximum atomic E-state index is 13.1. The summed E-state index contributed by atoms with van der Waals surface area (Å²) in [5.74, 6) is 2.07. The summed E-state index contributed by atoms with van der Waals surface area (Å²) in [4.78, 5) is 16.7. The van der Waals surface area contributed by atoms with Crippen LogP contribution in [-0.4, -0.2) is 29.3 Å². The lowest BCUT2D eigenvalue weighted by Crippen LogP contribution is -2.61. The van der Waals surface area contributed by atoms with Crippen molar-refractivity contribution in [1.82, 2.24) is 4.90 Å². The second-order valence-electron chi connectivity index (χ2n) is 8.74. The van der Waals surface area contributed by atoms with Crippen LogP contribution in [0.1, 0.15) is 68.1 Å². The predicted molar refractivity (Wildman–Crippen MR) is 107 cm³/mol. The summed E-state index contributed by atoms with van der Waals surface area (Å²) in [6, 6.07) is 8.60. The van der Waals surface area contributed by atoms with E-state index >= 15 is 0 Å². The third kappa shape index (κ3) is 2.86. The van der Waals surface area contributed by atoms with Crippen LogP contribution in [-0.2, 0) is 0 Å². The molecule has 5 rings (SSSR count). The minimum Gasteiger partial charge on any atom is -0.298 e. The van der Waals surface area contributed by atoms with E-state index in [-0.39, 0.29) is 5.54 Å². The van der Waals surface area contributed by atoms with Crippen LogP contribution in [0.4, 0.5) is 0 Å². The van der Waals surface area contributed by atoms with Crippen LogP contribution >= 0.6 is 11.3 Å². The molecule has 0 amide bonds. The molecule has 3 saturated heterocycles. The Morgan fingerprint density at radius 1 is 1.28 bits per heavy atom. The summed E-state index contributed by atoms with van der Waals surface area (Å²) in [6.07, 6.45) is 3.24. The Morgan fingerprint density at radius 3 is 2.64 bits per heavy atom. The number of thiophene rings is 1. The molecule has 0 N–H and O–H groups in total. The Bertz CT molecular complexity index is 795. The van der Waals surface area contributed by atoms with Crippen LogP contribution in [0.15, 0.2) is 24.3 Å². The van der Waals surface area contributed by atoms with Crippen molar-refractivity contribution in [3.8, 4) is 0 Å². The second-order valence-corrected chi connectivity index (χ2v) is 9.80. The van der Waals surface area contributed by atoms with Gasteiger partial charge in [0.1, 0.15) is 0 Å². The molecule has 0 saturated carbocycles. The van der Waals surface area contributed by atoms with Crippen molar-refractivity contribution in [3.63, 3.8) is 0 Å². The van der Waals surface area contributed by atoms with Crippen molar-refractivity contribution < 1.29 is 4.79 Å². The maximum absolute atomic E-state index is 13.1. The highest BCUT2D eigenvalue weighted by molar-refractivity contribution is 7.21. The summed E-state index contributed by atoms with van der Waals surface area (Å²) in [7, 11) is 0. The van der Waals surface area contributed by atoms with Gasteiger partial charge in [0.25, 0.3) is 0 Å². The molecule has 1 aromatic heterocycles. The van der Waals surface area contributed by atoms with Crippen LogP contribution in [0, 0.1) is 11.8 Å². The zero-order valence-electron chi connectivity index (χ0n) is 15.8. The fraction of sp³-hybridized carbons (Fsp3) is 0.591. The first-order valence-electron chi connectivity index (χ1n) is 9.68. The first-order chi connectivity index (χ1) is 11.9. The molecule has 25 heavy (non-hydrogen) atoms. The Hall–Kier alpha value is -1.19. The van der Waals surface area contributed by atoms with E-state index in [0.717, 1.165) is 10.8 Å². The molecule has 2 nitrogen and oxygen atoms in total. The fourth-order valence-electron chi connectivity index (χ4n) is 5.08. The smallest absolute Gasteiger partial charge is 0.173 e. The number of piperidine rings is 3. The molecular formula is C22H29NOS. The van der Waals surface area contributed by atoms with Gasteiger partial charge in [-0.15, -0.1) is 11.3 Å². The lowest BCUT2D eigenvalue weighted by Gasteiger charge is -2.56. The highest BCUT2D eigenvalue weighted by atomic mass is 32.1. The average Bonchev–Trinajstić information content (AvgIpc) is 3.02. The third-order valence-electron chi connectivity index (χ3n) is 6.71. The summed E-state index contributed by atoms with van der Waals surface area (Å²) in [6.45, 7) is 11.6. The molecule has 1 aromatic carbocycles. The molecule has 0 spiro atoms. The number of ketones is 1. The van der Waals surface area contributed by atoms with Gasteiger partial charge in [-0.3, -0.25) is 9.69 Å². The number of carbonyl (C=O) groups is 1. The van der Waals surface area contributed by atoms with Gasteiger partial charge >= 0.3 is 0 Å². The molecule has 0 radical (unpaired) electrons. The Kier molecular flexibility index (Phi) is 4.28. The topological polar surface area (TPSA) is 20.3 Å². The van der Waals surface area contributed by atoms with E-state index in [0.29, 0.717) is 24.0 Å². The van der Waals surface area contributed by atoms with Crippen LogP contribution in [0.2, 0.25) is 0 Å². The number of nitrogens with zero attached hydrogens (tertiary/aromatic N) is 1. The fourth-order valence-corrected chi connectivity index (χ4v) is 6.35. The molecule has 4 heterocycles. The minimum atomic E-state index is 0.163. The lowest BCUT2D eigenvalue weighted by atomic mass is 9.65. The van der Waals surface area contributed by atoms with Crippen LogP contribution < -0.4 is 0 Å². The van der Waals surface area contributed by atoms with Gasteiger partial charge in [0.05, 0.1) is 4.88 Å². The molecular weight excluding hydrogens is 326 g/mol. The van der Waals surface area contributed by atoms with Crippen LogP contribution in [0.25, 0.3) is 10.1 Å². The highest BCUT2D eigenvalue weighted by Crippen LogP contribution is 2.46. The molecule has 2 bridgehead atoms. The first-order valence-corrected chi connectivity index (χ1v) is 10.5. The van der Waals surface area contributed by atoms with Crippen molar-refractivity contribution in [2.45, 2.75) is 58.4 Å². The zero-order chi connectivity index (χ0) is 17.8. The number of fused-ring (bicyclic) bond motifs is 4. The number of hydrogen-bond acceptors (Lipinski definition) is 3. The second kappa shape index (κ2) is 6.21. The Labute approximate surface area is 155 Å². The van der Waals surface area contributed by atoms with Crippen molar-refractivity contribution >= 4 is 27.2 Å². The van der Waals surface area contributed by atoms with Gasteiger partial charge < -0.3 is 0 Å². The first kappa shape index (κ1) is 17.2. The van der Waals surface area contributed by atoms with Gasteiger partial charge in [-0.05, 0) is 74.5 Å². The number of benzene rings is 1. The van der Waals surface area contributed by atoms with Crippen molar-refractivity contribution in [3.05, 3.63) is 34.7 Å². The average molecular weight is 356 g/mol. The van der Waals surface area contributed by atoms with Crippen molar-refractivity contribution in [2.24, 2.45) is 11.8 Å². The van der Waals surface area contributed by atoms with E-state index in [2.05, 4.69) is 56.9 Å². The summed E-state index contributed by atoms with van der Waals surface area (Å²) in [5.41, 5.74) is 1.53. The normalized spacial score (nSPS) is 28.0. The van der Waals surface area contributed by atoms with Gasteiger partial charge in [0, 0.05) is 16.7 Å². The number of carbonyl (C=O) groups excluding carboxylic acids is 1. The van der Waals surface area contributed by atoms with E-state index < -0.39 is 0 Å². The van der Waals surface area contributed by atoms with Gasteiger partial charge in [-0.1, -0.05) is 32.0 Å². The van der Waals surface area contributed by atoms with Gasteiger partial charge in [0.15, 0.2) is 5.78 Å². The minimum absolute atomic E-state index is 0.163. The highest BCUT2D eigenvalue weighted by Gasteiger charge is 2.47. The Morgan fingerprint density at radius 2 is 2.00 bits per heavy atom. The molecule has 0 aliphatic carbocycles. The molecule has 3 aliphatic rings. The number of Topliss-reactive ketones (excluding diaryl/α,β-unsaturated/α-hetero) is 1. The predicted octanol–water partition coefficient (Wildman–Crippen LogP) is 5.72. The molecule has 134 valence electrons. The molecule has 1 atom stereocenters. The number of hydrogen-bond donors (Lipinski definition) is 0. The standard InChI is InChI=1S/C22H29NOS/c1-14(2)17-7-5-6-16-12-20(25-21(16)17)19(24)13-18-15-8-10-23(11-9-15)22(18,3)4/h5-7,12,14-15,18H,8-11,13H2,1-4H3/t18-/m1/s1. The molecule has 3 heteroatoms.